The Labute approximate surface area is 93.9 Å². The van der Waals surface area contributed by atoms with Gasteiger partial charge in [0.25, 0.3) is 5.91 Å². The van der Waals surface area contributed by atoms with Gasteiger partial charge in [0, 0.05) is 12.2 Å². The van der Waals surface area contributed by atoms with Crippen LogP contribution >= 0.6 is 0 Å². The number of amides is 1. The quantitative estimate of drug-likeness (QED) is 0.715. The van der Waals surface area contributed by atoms with Gasteiger partial charge in [-0.05, 0) is 25.5 Å². The number of hydrogen-bond acceptors (Lipinski definition) is 2. The number of nitrogens with one attached hydrogen (secondary N) is 2. The minimum atomic E-state index is -0.917. The lowest BCUT2D eigenvalue weighted by atomic mass is 10.2. The van der Waals surface area contributed by atoms with Crippen molar-refractivity contribution in [1.29, 1.82) is 0 Å². The molecule has 1 amide bonds. The average molecular weight is 224 g/mol. The number of carbonyl (C=O) groups excluding carboxylic acids is 1. The number of carboxylic acids is 1. The first-order valence-electron chi connectivity index (χ1n) is 5.09. The van der Waals surface area contributed by atoms with Crippen LogP contribution in [0.4, 0.5) is 0 Å². The van der Waals surface area contributed by atoms with Gasteiger partial charge in [0.05, 0.1) is 5.92 Å². The molecule has 3 N–H and O–H groups in total. The molecule has 5 nitrogen and oxygen atoms in total. The molecule has 5 heteroatoms. The van der Waals surface area contributed by atoms with Crippen molar-refractivity contribution in [2.45, 2.75) is 20.8 Å². The number of rotatable bonds is 4. The van der Waals surface area contributed by atoms with Gasteiger partial charge >= 0.3 is 5.97 Å². The van der Waals surface area contributed by atoms with Crippen molar-refractivity contribution in [2.24, 2.45) is 5.92 Å². The van der Waals surface area contributed by atoms with Crippen molar-refractivity contribution in [3.63, 3.8) is 0 Å². The third-order valence-electron chi connectivity index (χ3n) is 2.37. The van der Waals surface area contributed by atoms with E-state index >= 15 is 0 Å². The summed E-state index contributed by atoms with van der Waals surface area (Å²) in [6, 6.07) is 1.87. The lowest BCUT2D eigenvalue weighted by Crippen LogP contribution is -2.32. The van der Waals surface area contributed by atoms with Gasteiger partial charge in [-0.3, -0.25) is 9.59 Å². The standard InChI is InChI=1S/C11H16N2O3/c1-6-4-8(3)13-9(6)10(14)12-5-7(2)11(15)16/h4,7,13H,5H2,1-3H3,(H,12,14)(H,15,16). The molecule has 0 bridgehead atoms. The lowest BCUT2D eigenvalue weighted by Gasteiger charge is -2.07. The van der Waals surface area contributed by atoms with E-state index < -0.39 is 11.9 Å². The smallest absolute Gasteiger partial charge is 0.308 e. The molecule has 0 aliphatic carbocycles. The van der Waals surface area contributed by atoms with Crippen molar-refractivity contribution in [3.05, 3.63) is 23.0 Å². The van der Waals surface area contributed by atoms with Crippen molar-refractivity contribution >= 4 is 11.9 Å². The minimum Gasteiger partial charge on any atom is -0.481 e. The van der Waals surface area contributed by atoms with E-state index in [9.17, 15) is 9.59 Å². The number of carboxylic acid groups (broad SMARTS) is 1. The zero-order valence-electron chi connectivity index (χ0n) is 9.63. The number of aromatic amines is 1. The van der Waals surface area contributed by atoms with E-state index in [1.54, 1.807) is 6.92 Å². The van der Waals surface area contributed by atoms with E-state index in [2.05, 4.69) is 10.3 Å². The lowest BCUT2D eigenvalue weighted by molar-refractivity contribution is -0.140. The number of aromatic nitrogens is 1. The Morgan fingerprint density at radius 2 is 2.12 bits per heavy atom. The maximum Gasteiger partial charge on any atom is 0.308 e. The summed E-state index contributed by atoms with van der Waals surface area (Å²) < 4.78 is 0. The molecule has 16 heavy (non-hydrogen) atoms. The molecule has 0 radical (unpaired) electrons. The van der Waals surface area contributed by atoms with E-state index in [0.717, 1.165) is 11.3 Å². The topological polar surface area (TPSA) is 82.2 Å². The molecule has 0 aliphatic heterocycles. The molecule has 1 aromatic heterocycles. The van der Waals surface area contributed by atoms with Gasteiger partial charge < -0.3 is 15.4 Å². The summed E-state index contributed by atoms with van der Waals surface area (Å²) in [5.41, 5.74) is 2.27. The molecule has 1 unspecified atom stereocenters. The Morgan fingerprint density at radius 1 is 1.50 bits per heavy atom. The SMILES string of the molecule is Cc1cc(C)c(C(=O)NCC(C)C(=O)O)[nH]1. The molecule has 0 saturated carbocycles. The molecule has 1 aromatic rings. The Bertz CT molecular complexity index is 409. The maximum absolute atomic E-state index is 11.7. The van der Waals surface area contributed by atoms with Gasteiger partial charge in [-0.15, -0.1) is 0 Å². The van der Waals surface area contributed by atoms with Gasteiger partial charge in [0.15, 0.2) is 0 Å². The van der Waals surface area contributed by atoms with E-state index in [1.807, 2.05) is 19.9 Å². The number of carbonyl (C=O) groups is 2. The van der Waals surface area contributed by atoms with Crippen molar-refractivity contribution < 1.29 is 14.7 Å². The number of aryl methyl sites for hydroxylation is 2. The van der Waals surface area contributed by atoms with E-state index in [-0.39, 0.29) is 12.5 Å². The molecule has 0 aromatic carbocycles. The summed E-state index contributed by atoms with van der Waals surface area (Å²) >= 11 is 0. The highest BCUT2D eigenvalue weighted by Gasteiger charge is 2.15. The van der Waals surface area contributed by atoms with E-state index in [0.29, 0.717) is 5.69 Å². The van der Waals surface area contributed by atoms with E-state index in [1.165, 1.54) is 0 Å². The normalized spacial score (nSPS) is 12.2. The summed E-state index contributed by atoms with van der Waals surface area (Å²) in [5, 5.41) is 11.2. The van der Waals surface area contributed by atoms with Crippen molar-refractivity contribution in [1.82, 2.24) is 10.3 Å². The molecular weight excluding hydrogens is 208 g/mol. The van der Waals surface area contributed by atoms with Gasteiger partial charge in [-0.1, -0.05) is 6.92 Å². The first-order valence-corrected chi connectivity index (χ1v) is 5.09. The fourth-order valence-electron chi connectivity index (χ4n) is 1.39. The molecule has 0 saturated heterocycles. The molecule has 1 atom stereocenters. The zero-order chi connectivity index (χ0) is 12.3. The second-order valence-corrected chi connectivity index (χ2v) is 3.96. The fourth-order valence-corrected chi connectivity index (χ4v) is 1.39. The first kappa shape index (κ1) is 12.3. The summed E-state index contributed by atoms with van der Waals surface area (Å²) in [6.45, 7) is 5.38. The summed E-state index contributed by atoms with van der Waals surface area (Å²) in [7, 11) is 0. The highest BCUT2D eigenvalue weighted by Crippen LogP contribution is 2.08. The largest absolute Gasteiger partial charge is 0.481 e. The predicted molar refractivity (Wildman–Crippen MR) is 59.4 cm³/mol. The Balaban J connectivity index is 2.60. The number of H-pyrrole nitrogens is 1. The van der Waals surface area contributed by atoms with Gasteiger partial charge in [-0.2, -0.15) is 0 Å². The van der Waals surface area contributed by atoms with Gasteiger partial charge in [0.2, 0.25) is 0 Å². The molecule has 0 aliphatic rings. The monoisotopic (exact) mass is 224 g/mol. The molecular formula is C11H16N2O3. The second-order valence-electron chi connectivity index (χ2n) is 3.96. The Hall–Kier alpha value is -1.78. The molecule has 0 fully saturated rings. The fraction of sp³-hybridized carbons (Fsp3) is 0.455. The zero-order valence-corrected chi connectivity index (χ0v) is 9.63. The van der Waals surface area contributed by atoms with Crippen LogP contribution in [-0.4, -0.2) is 28.5 Å². The highest BCUT2D eigenvalue weighted by molar-refractivity contribution is 5.94. The van der Waals surface area contributed by atoms with Crippen LogP contribution in [0.15, 0.2) is 6.07 Å². The van der Waals surface area contributed by atoms with Crippen LogP contribution in [0.1, 0.15) is 28.7 Å². The predicted octanol–water partition coefficient (Wildman–Crippen LogP) is 1.08. The summed E-state index contributed by atoms with van der Waals surface area (Å²) in [4.78, 5) is 25.2. The summed E-state index contributed by atoms with van der Waals surface area (Å²) in [6.07, 6.45) is 0. The second kappa shape index (κ2) is 4.83. The van der Waals surface area contributed by atoms with Crippen LogP contribution in [-0.2, 0) is 4.79 Å². The molecule has 88 valence electrons. The van der Waals surface area contributed by atoms with Crippen LogP contribution in [0.25, 0.3) is 0 Å². The van der Waals surface area contributed by atoms with Crippen molar-refractivity contribution in [3.8, 4) is 0 Å². The highest BCUT2D eigenvalue weighted by atomic mass is 16.4. The third kappa shape index (κ3) is 2.85. The van der Waals surface area contributed by atoms with Crippen LogP contribution in [0.5, 0.6) is 0 Å². The van der Waals surface area contributed by atoms with Crippen LogP contribution in [0.2, 0.25) is 0 Å². The van der Waals surface area contributed by atoms with Crippen LogP contribution in [0.3, 0.4) is 0 Å². The Morgan fingerprint density at radius 3 is 2.56 bits per heavy atom. The van der Waals surface area contributed by atoms with Gasteiger partial charge in [-0.25, -0.2) is 0 Å². The maximum atomic E-state index is 11.7. The Kier molecular flexibility index (Phi) is 3.71. The van der Waals surface area contributed by atoms with E-state index in [4.69, 9.17) is 5.11 Å². The van der Waals surface area contributed by atoms with Crippen molar-refractivity contribution in [2.75, 3.05) is 6.54 Å². The number of hydrogen-bond donors (Lipinski definition) is 3. The minimum absolute atomic E-state index is 0.131. The third-order valence-corrected chi connectivity index (χ3v) is 2.37. The van der Waals surface area contributed by atoms with Crippen LogP contribution in [0, 0.1) is 19.8 Å². The molecule has 1 heterocycles. The first-order chi connectivity index (χ1) is 7.41. The van der Waals surface area contributed by atoms with Crippen LogP contribution < -0.4 is 5.32 Å². The summed E-state index contributed by atoms with van der Waals surface area (Å²) in [5.74, 6) is -1.77. The average Bonchev–Trinajstić information content (AvgIpc) is 2.53. The number of aliphatic carboxylic acids is 1. The van der Waals surface area contributed by atoms with Gasteiger partial charge in [0.1, 0.15) is 5.69 Å². The molecule has 1 rings (SSSR count). The molecule has 0 spiro atoms.